The molecule has 0 heterocycles. The summed E-state index contributed by atoms with van der Waals surface area (Å²) in [6.45, 7) is -0.311. The van der Waals surface area contributed by atoms with Crippen molar-refractivity contribution in [2.45, 2.75) is 0 Å². The maximum Gasteiger partial charge on any atom is 0.293 e. The third-order valence-electron chi connectivity index (χ3n) is 1.57. The molecule has 2 amide bonds. The van der Waals surface area contributed by atoms with E-state index < -0.39 is 18.4 Å². The van der Waals surface area contributed by atoms with Gasteiger partial charge in [0.05, 0.1) is 0 Å². The number of amides is 2. The molecule has 0 saturated heterocycles. The standard InChI is InChI=1S/C10H9NO4/c12-7-15-6-9(13)11-10(14)8-4-2-1-3-5-8/h1-5,7H,6H2,(H,11,13,14). The Bertz CT molecular complexity index is 361. The van der Waals surface area contributed by atoms with Gasteiger partial charge in [-0.2, -0.15) is 0 Å². The van der Waals surface area contributed by atoms with Crippen molar-refractivity contribution in [3.63, 3.8) is 0 Å². The van der Waals surface area contributed by atoms with Crippen LogP contribution in [-0.4, -0.2) is 24.9 Å². The summed E-state index contributed by atoms with van der Waals surface area (Å²) < 4.78 is 4.19. The molecule has 0 aliphatic heterocycles. The summed E-state index contributed by atoms with van der Waals surface area (Å²) in [5, 5.41) is 2.07. The van der Waals surface area contributed by atoms with Gasteiger partial charge in [-0.1, -0.05) is 18.2 Å². The normalized spacial score (nSPS) is 9.07. The lowest BCUT2D eigenvalue weighted by Gasteiger charge is -2.02. The van der Waals surface area contributed by atoms with E-state index in [1.54, 1.807) is 30.3 Å². The molecule has 0 bridgehead atoms. The summed E-state index contributed by atoms with van der Waals surface area (Å²) in [4.78, 5) is 32.1. The average molecular weight is 207 g/mol. The highest BCUT2D eigenvalue weighted by atomic mass is 16.5. The molecule has 0 aromatic heterocycles. The van der Waals surface area contributed by atoms with E-state index in [0.29, 0.717) is 5.56 Å². The number of hydrogen-bond acceptors (Lipinski definition) is 4. The minimum atomic E-state index is -0.657. The van der Waals surface area contributed by atoms with Gasteiger partial charge >= 0.3 is 0 Å². The van der Waals surface area contributed by atoms with Gasteiger partial charge in [0.2, 0.25) is 0 Å². The fourth-order valence-electron chi connectivity index (χ4n) is 0.934. The van der Waals surface area contributed by atoms with Crippen LogP contribution in [0, 0.1) is 0 Å². The summed E-state index contributed by atoms with van der Waals surface area (Å²) in [6, 6.07) is 8.27. The van der Waals surface area contributed by atoms with Crippen molar-refractivity contribution in [2.75, 3.05) is 6.61 Å². The van der Waals surface area contributed by atoms with Crippen molar-refractivity contribution < 1.29 is 19.1 Å². The summed E-state index contributed by atoms with van der Waals surface area (Å²) in [5.41, 5.74) is 0.372. The largest absolute Gasteiger partial charge is 0.458 e. The number of carbonyl (C=O) groups is 3. The van der Waals surface area contributed by atoms with Gasteiger partial charge < -0.3 is 4.74 Å². The quantitative estimate of drug-likeness (QED) is 0.711. The van der Waals surface area contributed by atoms with Crippen molar-refractivity contribution >= 4 is 18.3 Å². The van der Waals surface area contributed by atoms with Gasteiger partial charge in [0.25, 0.3) is 18.3 Å². The number of hydrogen-bond donors (Lipinski definition) is 1. The Hall–Kier alpha value is -2.17. The van der Waals surface area contributed by atoms with Crippen LogP contribution in [0.15, 0.2) is 30.3 Å². The maximum absolute atomic E-state index is 11.3. The molecular weight excluding hydrogens is 198 g/mol. The van der Waals surface area contributed by atoms with Crippen molar-refractivity contribution in [1.82, 2.24) is 5.32 Å². The molecule has 15 heavy (non-hydrogen) atoms. The summed E-state index contributed by atoms with van der Waals surface area (Å²) >= 11 is 0. The van der Waals surface area contributed by atoms with Gasteiger partial charge in [-0.05, 0) is 12.1 Å². The molecule has 1 N–H and O–H groups in total. The highest BCUT2D eigenvalue weighted by Gasteiger charge is 2.09. The third kappa shape index (κ3) is 3.60. The second-order valence-corrected chi connectivity index (χ2v) is 2.65. The predicted molar refractivity (Wildman–Crippen MR) is 50.9 cm³/mol. The Balaban J connectivity index is 2.49. The van der Waals surface area contributed by atoms with Crippen LogP contribution in [0.2, 0.25) is 0 Å². The molecule has 5 heteroatoms. The van der Waals surface area contributed by atoms with E-state index in [1.807, 2.05) is 0 Å². The zero-order chi connectivity index (χ0) is 11.1. The molecule has 78 valence electrons. The fourth-order valence-corrected chi connectivity index (χ4v) is 0.934. The van der Waals surface area contributed by atoms with E-state index in [0.717, 1.165) is 0 Å². The zero-order valence-electron chi connectivity index (χ0n) is 7.80. The van der Waals surface area contributed by atoms with Gasteiger partial charge in [0, 0.05) is 5.56 Å². The Morgan fingerprint density at radius 1 is 1.27 bits per heavy atom. The molecule has 0 aliphatic carbocycles. The van der Waals surface area contributed by atoms with Crippen molar-refractivity contribution in [3.8, 4) is 0 Å². The molecule has 1 aromatic carbocycles. The summed E-state index contributed by atoms with van der Waals surface area (Å²) in [6.07, 6.45) is 0. The smallest absolute Gasteiger partial charge is 0.293 e. The van der Waals surface area contributed by atoms with E-state index in [2.05, 4.69) is 10.1 Å². The molecule has 5 nitrogen and oxygen atoms in total. The number of imide groups is 1. The first-order valence-electron chi connectivity index (χ1n) is 4.18. The summed E-state index contributed by atoms with van der Waals surface area (Å²) in [7, 11) is 0. The van der Waals surface area contributed by atoms with Crippen LogP contribution in [0.1, 0.15) is 10.4 Å². The molecule has 0 aliphatic rings. The van der Waals surface area contributed by atoms with Crippen LogP contribution in [0.4, 0.5) is 0 Å². The Morgan fingerprint density at radius 2 is 1.93 bits per heavy atom. The first kappa shape index (κ1) is 10.9. The van der Waals surface area contributed by atoms with E-state index in [1.165, 1.54) is 0 Å². The monoisotopic (exact) mass is 207 g/mol. The second-order valence-electron chi connectivity index (χ2n) is 2.65. The maximum atomic E-state index is 11.3. The van der Waals surface area contributed by atoms with Crippen LogP contribution >= 0.6 is 0 Å². The van der Waals surface area contributed by atoms with Gasteiger partial charge in [-0.15, -0.1) is 0 Å². The van der Waals surface area contributed by atoms with E-state index >= 15 is 0 Å². The lowest BCUT2D eigenvalue weighted by molar-refractivity contribution is -0.136. The van der Waals surface area contributed by atoms with Gasteiger partial charge in [-0.25, -0.2) is 0 Å². The molecule has 0 spiro atoms. The number of rotatable bonds is 4. The van der Waals surface area contributed by atoms with Crippen LogP contribution in [0.5, 0.6) is 0 Å². The predicted octanol–water partition coefficient (Wildman–Crippen LogP) is 0.116. The van der Waals surface area contributed by atoms with Gasteiger partial charge in [0.15, 0.2) is 6.61 Å². The third-order valence-corrected chi connectivity index (χ3v) is 1.57. The van der Waals surface area contributed by atoms with Gasteiger partial charge in [-0.3, -0.25) is 19.7 Å². The van der Waals surface area contributed by atoms with Crippen LogP contribution in [0.3, 0.4) is 0 Å². The van der Waals surface area contributed by atoms with Crippen LogP contribution in [0.25, 0.3) is 0 Å². The molecule has 0 fully saturated rings. The van der Waals surface area contributed by atoms with Crippen LogP contribution < -0.4 is 5.32 Å². The second kappa shape index (κ2) is 5.54. The Kier molecular flexibility index (Phi) is 4.03. The number of carbonyl (C=O) groups excluding carboxylic acids is 3. The molecule has 0 radical (unpaired) electrons. The Morgan fingerprint density at radius 3 is 2.53 bits per heavy atom. The first-order chi connectivity index (χ1) is 7.24. The zero-order valence-corrected chi connectivity index (χ0v) is 7.80. The lowest BCUT2D eigenvalue weighted by Crippen LogP contribution is -2.33. The molecular formula is C10H9NO4. The Labute approximate surface area is 86.0 Å². The highest BCUT2D eigenvalue weighted by Crippen LogP contribution is 1.97. The van der Waals surface area contributed by atoms with Crippen molar-refractivity contribution in [1.29, 1.82) is 0 Å². The molecule has 1 aromatic rings. The highest BCUT2D eigenvalue weighted by molar-refractivity contribution is 6.05. The van der Waals surface area contributed by atoms with E-state index in [-0.39, 0.29) is 6.47 Å². The molecule has 0 saturated carbocycles. The van der Waals surface area contributed by atoms with Crippen molar-refractivity contribution in [3.05, 3.63) is 35.9 Å². The topological polar surface area (TPSA) is 72.5 Å². The average Bonchev–Trinajstić information content (AvgIpc) is 2.27. The molecule has 1 rings (SSSR count). The minimum Gasteiger partial charge on any atom is -0.458 e. The van der Waals surface area contributed by atoms with E-state index in [4.69, 9.17) is 0 Å². The lowest BCUT2D eigenvalue weighted by atomic mass is 10.2. The molecule has 0 unspecified atom stereocenters. The SMILES string of the molecule is O=COCC(=O)NC(=O)c1ccccc1. The van der Waals surface area contributed by atoms with Gasteiger partial charge in [0.1, 0.15) is 0 Å². The first-order valence-corrected chi connectivity index (χ1v) is 4.18. The molecule has 0 atom stereocenters. The van der Waals surface area contributed by atoms with E-state index in [9.17, 15) is 14.4 Å². The van der Waals surface area contributed by atoms with Crippen molar-refractivity contribution in [2.24, 2.45) is 0 Å². The number of ether oxygens (including phenoxy) is 1. The van der Waals surface area contributed by atoms with Crippen LogP contribution in [-0.2, 0) is 14.3 Å². The summed E-state index contributed by atoms with van der Waals surface area (Å²) in [5.74, 6) is -1.17. The minimum absolute atomic E-state index is 0.145. The fraction of sp³-hybridized carbons (Fsp3) is 0.100. The number of benzene rings is 1. The number of nitrogens with one attached hydrogen (secondary N) is 1.